The summed E-state index contributed by atoms with van der Waals surface area (Å²) in [5, 5.41) is 16.9. The van der Waals surface area contributed by atoms with Crippen molar-refractivity contribution in [1.82, 2.24) is 30.8 Å². The number of H-pyrrole nitrogens is 1. The van der Waals surface area contributed by atoms with Crippen LogP contribution < -0.4 is 5.32 Å². The Morgan fingerprint density at radius 1 is 1.32 bits per heavy atom. The first kappa shape index (κ1) is 19.1. The molecule has 0 spiro atoms. The van der Waals surface area contributed by atoms with Crippen molar-refractivity contribution < 1.29 is 14.3 Å². The third-order valence-electron chi connectivity index (χ3n) is 3.93. The van der Waals surface area contributed by atoms with Gasteiger partial charge in [0.1, 0.15) is 5.60 Å². The van der Waals surface area contributed by atoms with Crippen molar-refractivity contribution >= 4 is 12.0 Å². The second-order valence-electron chi connectivity index (χ2n) is 8.14. The third-order valence-corrected chi connectivity index (χ3v) is 3.93. The van der Waals surface area contributed by atoms with E-state index in [1.165, 1.54) is 0 Å². The van der Waals surface area contributed by atoms with Gasteiger partial charge in [0.2, 0.25) is 5.91 Å². The number of hydrogen-bond donors (Lipinski definition) is 2. The van der Waals surface area contributed by atoms with Crippen molar-refractivity contribution in [3.05, 3.63) is 5.82 Å². The molecule has 1 atom stereocenters. The number of nitrogens with zero attached hydrogens (tertiary/aromatic N) is 4. The zero-order valence-corrected chi connectivity index (χ0v) is 15.6. The number of carbonyl (C=O) groups excluding carboxylic acids is 2. The first-order valence-corrected chi connectivity index (χ1v) is 8.58. The van der Waals surface area contributed by atoms with Crippen LogP contribution in [0.3, 0.4) is 0 Å². The average Bonchev–Trinajstić information content (AvgIpc) is 2.98. The maximum absolute atomic E-state index is 12.7. The van der Waals surface area contributed by atoms with Gasteiger partial charge in [-0.1, -0.05) is 5.21 Å². The van der Waals surface area contributed by atoms with Gasteiger partial charge in [0.25, 0.3) is 0 Å². The molecule has 2 N–H and O–H groups in total. The molecule has 1 aliphatic heterocycles. The standard InChI is InChI=1S/C16H28N6O3/c1-15(2,3)25-14(24)17-16(4,5)9-12(23)22-8-6-7-11(10-22)13-18-20-21-19-13/h11H,6-10H2,1-5H3,(H,17,24)(H,18,19,20,21)/t11-/m1/s1. The quantitative estimate of drug-likeness (QED) is 0.851. The van der Waals surface area contributed by atoms with Crippen LogP contribution in [0.1, 0.15) is 65.6 Å². The van der Waals surface area contributed by atoms with Crippen molar-refractivity contribution in [2.24, 2.45) is 0 Å². The maximum atomic E-state index is 12.7. The summed E-state index contributed by atoms with van der Waals surface area (Å²) in [6, 6.07) is 0. The topological polar surface area (TPSA) is 113 Å². The van der Waals surface area contributed by atoms with Crippen LogP contribution in [0.25, 0.3) is 0 Å². The van der Waals surface area contributed by atoms with E-state index in [1.807, 2.05) is 18.7 Å². The number of tetrazole rings is 1. The second-order valence-corrected chi connectivity index (χ2v) is 8.14. The smallest absolute Gasteiger partial charge is 0.408 e. The van der Waals surface area contributed by atoms with Crippen molar-refractivity contribution in [2.75, 3.05) is 13.1 Å². The number of carbonyl (C=O) groups is 2. The van der Waals surface area contributed by atoms with E-state index in [-0.39, 0.29) is 18.2 Å². The van der Waals surface area contributed by atoms with Gasteiger partial charge in [0.05, 0.1) is 0 Å². The molecular formula is C16H28N6O3. The Bertz CT molecular complexity index is 594. The van der Waals surface area contributed by atoms with Gasteiger partial charge >= 0.3 is 6.09 Å². The summed E-state index contributed by atoms with van der Waals surface area (Å²) in [5.74, 6) is 0.733. The van der Waals surface area contributed by atoms with E-state index in [4.69, 9.17) is 4.74 Å². The minimum absolute atomic E-state index is 0.00532. The van der Waals surface area contributed by atoms with Crippen LogP contribution in [0.2, 0.25) is 0 Å². The summed E-state index contributed by atoms with van der Waals surface area (Å²) in [6.07, 6.45) is 1.51. The molecule has 0 radical (unpaired) electrons. The van der Waals surface area contributed by atoms with Gasteiger partial charge in [0.15, 0.2) is 5.82 Å². The summed E-state index contributed by atoms with van der Waals surface area (Å²) in [5.41, 5.74) is -1.27. The van der Waals surface area contributed by atoms with Crippen molar-refractivity contribution in [3.63, 3.8) is 0 Å². The molecule has 1 saturated heterocycles. The molecule has 2 rings (SSSR count). The Hall–Kier alpha value is -2.19. The Labute approximate surface area is 147 Å². The molecule has 0 bridgehead atoms. The van der Waals surface area contributed by atoms with Gasteiger partial charge in [-0.2, -0.15) is 5.21 Å². The average molecular weight is 352 g/mol. The molecule has 0 unspecified atom stereocenters. The molecule has 0 aliphatic carbocycles. The lowest BCUT2D eigenvalue weighted by Gasteiger charge is -2.34. The van der Waals surface area contributed by atoms with Crippen LogP contribution in [0, 0.1) is 0 Å². The van der Waals surface area contributed by atoms with Gasteiger partial charge < -0.3 is 15.0 Å². The van der Waals surface area contributed by atoms with Crippen molar-refractivity contribution in [3.8, 4) is 0 Å². The molecule has 1 aromatic heterocycles. The number of aromatic amines is 1. The highest BCUT2D eigenvalue weighted by molar-refractivity contribution is 5.79. The van der Waals surface area contributed by atoms with Crippen LogP contribution in [0.4, 0.5) is 4.79 Å². The fourth-order valence-electron chi connectivity index (χ4n) is 2.87. The molecule has 0 saturated carbocycles. The first-order chi connectivity index (χ1) is 11.6. The Morgan fingerprint density at radius 2 is 2.04 bits per heavy atom. The lowest BCUT2D eigenvalue weighted by molar-refractivity contribution is -0.133. The van der Waals surface area contributed by atoms with Crippen LogP contribution >= 0.6 is 0 Å². The number of piperidine rings is 1. The largest absolute Gasteiger partial charge is 0.444 e. The number of amides is 2. The molecule has 1 aliphatic rings. The molecule has 1 fully saturated rings. The number of alkyl carbamates (subject to hydrolysis) is 1. The van der Waals surface area contributed by atoms with E-state index in [1.54, 1.807) is 20.8 Å². The minimum Gasteiger partial charge on any atom is -0.444 e. The number of aromatic nitrogens is 4. The maximum Gasteiger partial charge on any atom is 0.408 e. The van der Waals surface area contributed by atoms with Gasteiger partial charge in [0, 0.05) is 31.0 Å². The summed E-state index contributed by atoms with van der Waals surface area (Å²) in [6.45, 7) is 10.3. The molecule has 2 amide bonds. The van der Waals surface area contributed by atoms with E-state index in [0.29, 0.717) is 18.9 Å². The van der Waals surface area contributed by atoms with E-state index in [2.05, 4.69) is 25.9 Å². The minimum atomic E-state index is -0.696. The number of rotatable bonds is 4. The van der Waals surface area contributed by atoms with E-state index >= 15 is 0 Å². The predicted molar refractivity (Wildman–Crippen MR) is 90.8 cm³/mol. The predicted octanol–water partition coefficient (Wildman–Crippen LogP) is 1.60. The van der Waals surface area contributed by atoms with E-state index < -0.39 is 17.2 Å². The molecule has 25 heavy (non-hydrogen) atoms. The molecule has 9 heteroatoms. The summed E-state index contributed by atoms with van der Waals surface area (Å²) in [7, 11) is 0. The first-order valence-electron chi connectivity index (χ1n) is 8.58. The number of ether oxygens (including phenoxy) is 1. The summed E-state index contributed by atoms with van der Waals surface area (Å²) >= 11 is 0. The van der Waals surface area contributed by atoms with Crippen LogP contribution in [0.5, 0.6) is 0 Å². The normalized spacial score (nSPS) is 18.8. The highest BCUT2D eigenvalue weighted by Crippen LogP contribution is 2.25. The van der Waals surface area contributed by atoms with Gasteiger partial charge in [-0.15, -0.1) is 10.2 Å². The highest BCUT2D eigenvalue weighted by Gasteiger charge is 2.32. The monoisotopic (exact) mass is 352 g/mol. The molecule has 0 aromatic carbocycles. The fourth-order valence-corrected chi connectivity index (χ4v) is 2.87. The van der Waals surface area contributed by atoms with Crippen LogP contribution in [-0.2, 0) is 9.53 Å². The summed E-state index contributed by atoms with van der Waals surface area (Å²) in [4.78, 5) is 26.4. The van der Waals surface area contributed by atoms with E-state index in [9.17, 15) is 9.59 Å². The number of nitrogens with one attached hydrogen (secondary N) is 2. The lowest BCUT2D eigenvalue weighted by Crippen LogP contribution is -2.50. The Morgan fingerprint density at radius 3 is 2.64 bits per heavy atom. The highest BCUT2D eigenvalue weighted by atomic mass is 16.6. The second kappa shape index (κ2) is 7.37. The van der Waals surface area contributed by atoms with E-state index in [0.717, 1.165) is 12.8 Å². The third kappa shape index (κ3) is 5.99. The molecule has 140 valence electrons. The van der Waals surface area contributed by atoms with Crippen LogP contribution in [-0.4, -0.2) is 61.8 Å². The molecule has 2 heterocycles. The van der Waals surface area contributed by atoms with Gasteiger partial charge in [-0.05, 0) is 47.5 Å². The van der Waals surface area contributed by atoms with Gasteiger partial charge in [-0.25, -0.2) is 4.79 Å². The lowest BCUT2D eigenvalue weighted by atomic mass is 9.95. The number of likely N-dealkylation sites (tertiary alicyclic amines) is 1. The zero-order chi connectivity index (χ0) is 18.7. The number of hydrogen-bond acceptors (Lipinski definition) is 6. The van der Waals surface area contributed by atoms with Gasteiger partial charge in [-0.3, -0.25) is 4.79 Å². The Kier molecular flexibility index (Phi) is 5.64. The summed E-state index contributed by atoms with van der Waals surface area (Å²) < 4.78 is 5.26. The fraction of sp³-hybridized carbons (Fsp3) is 0.812. The molecular weight excluding hydrogens is 324 g/mol. The zero-order valence-electron chi connectivity index (χ0n) is 15.6. The molecule has 9 nitrogen and oxygen atoms in total. The molecule has 1 aromatic rings. The Balaban J connectivity index is 1.90. The van der Waals surface area contributed by atoms with Crippen molar-refractivity contribution in [2.45, 2.75) is 70.9 Å². The SMILES string of the molecule is CC(C)(CC(=O)N1CCC[C@@H](c2nn[nH]n2)C1)NC(=O)OC(C)(C)C. The van der Waals surface area contributed by atoms with Crippen molar-refractivity contribution in [1.29, 1.82) is 0 Å². The van der Waals surface area contributed by atoms with Crippen LogP contribution in [0.15, 0.2) is 0 Å².